The van der Waals surface area contributed by atoms with E-state index in [1.807, 2.05) is 36.5 Å². The van der Waals surface area contributed by atoms with Gasteiger partial charge in [0.2, 0.25) is 5.91 Å². The summed E-state index contributed by atoms with van der Waals surface area (Å²) in [5.74, 6) is 0.318. The molecule has 0 radical (unpaired) electrons. The van der Waals surface area contributed by atoms with Crippen molar-refractivity contribution in [1.29, 1.82) is 0 Å². The van der Waals surface area contributed by atoms with Gasteiger partial charge in [0.05, 0.1) is 5.52 Å². The van der Waals surface area contributed by atoms with Gasteiger partial charge in [0.15, 0.2) is 0 Å². The zero-order valence-electron chi connectivity index (χ0n) is 14.9. The van der Waals surface area contributed by atoms with Crippen molar-refractivity contribution in [2.45, 2.75) is 26.2 Å². The highest BCUT2D eigenvalue weighted by atomic mass is 16.3. The second-order valence-corrected chi connectivity index (χ2v) is 6.32. The van der Waals surface area contributed by atoms with Gasteiger partial charge in [0.1, 0.15) is 5.75 Å². The van der Waals surface area contributed by atoms with Crippen molar-refractivity contribution < 1.29 is 9.90 Å². The molecule has 0 bridgehead atoms. The lowest BCUT2D eigenvalue weighted by molar-refractivity contribution is 0.0941. The van der Waals surface area contributed by atoms with Crippen LogP contribution in [0, 0.1) is 0 Å². The molecule has 3 rings (SSSR count). The van der Waals surface area contributed by atoms with Gasteiger partial charge in [0.25, 0.3) is 0 Å². The van der Waals surface area contributed by atoms with Crippen LogP contribution in [0.1, 0.15) is 42.1 Å². The molecule has 0 atom stereocenters. The number of carbonyl (C=O) groups excluding carboxylic acids is 1. The summed E-state index contributed by atoms with van der Waals surface area (Å²) < 4.78 is 1.70. The molecule has 3 aromatic rings. The quantitative estimate of drug-likeness (QED) is 0.565. The molecule has 0 amide bonds. The Morgan fingerprint density at radius 1 is 1.00 bits per heavy atom. The second-order valence-electron chi connectivity index (χ2n) is 6.32. The summed E-state index contributed by atoms with van der Waals surface area (Å²) in [5, 5.41) is 10.4. The molecular formula is C23H23NO2. The molecule has 0 fully saturated rings. The monoisotopic (exact) mass is 345 g/mol. The highest BCUT2D eigenvalue weighted by Crippen LogP contribution is 2.22. The minimum Gasteiger partial charge on any atom is -0.508 e. The van der Waals surface area contributed by atoms with Gasteiger partial charge in [-0.1, -0.05) is 54.6 Å². The van der Waals surface area contributed by atoms with E-state index < -0.39 is 0 Å². The lowest BCUT2D eigenvalue weighted by atomic mass is 10.1. The molecule has 2 aromatic carbocycles. The lowest BCUT2D eigenvalue weighted by Gasteiger charge is -1.96. The summed E-state index contributed by atoms with van der Waals surface area (Å²) in [6.45, 7) is 1.58. The second kappa shape index (κ2) is 8.34. The SMILES string of the molecule is CC(=O)n1cc(/C=C/CCC/C=C/c2ccc(O)cc2)c2ccccc21. The van der Waals surface area contributed by atoms with E-state index in [9.17, 15) is 9.90 Å². The number of phenols is 1. The topological polar surface area (TPSA) is 42.2 Å². The highest BCUT2D eigenvalue weighted by Gasteiger charge is 2.08. The summed E-state index contributed by atoms with van der Waals surface area (Å²) in [5.41, 5.74) is 3.13. The van der Waals surface area contributed by atoms with Crippen molar-refractivity contribution in [3.8, 4) is 5.75 Å². The predicted molar refractivity (Wildman–Crippen MR) is 108 cm³/mol. The fraction of sp³-hybridized carbons (Fsp3) is 0.174. The Morgan fingerprint density at radius 2 is 1.69 bits per heavy atom. The molecule has 0 unspecified atom stereocenters. The molecule has 1 N–H and O–H groups in total. The third-order valence-corrected chi connectivity index (χ3v) is 4.32. The van der Waals surface area contributed by atoms with E-state index in [0.29, 0.717) is 5.75 Å². The molecule has 26 heavy (non-hydrogen) atoms. The molecule has 0 aliphatic heterocycles. The number of rotatable bonds is 6. The molecule has 132 valence electrons. The maximum atomic E-state index is 11.8. The first-order valence-corrected chi connectivity index (χ1v) is 8.88. The Bertz CT molecular complexity index is 946. The molecule has 1 aromatic heterocycles. The zero-order valence-corrected chi connectivity index (χ0v) is 14.9. The Kier molecular flexibility index (Phi) is 5.69. The van der Waals surface area contributed by atoms with E-state index >= 15 is 0 Å². The van der Waals surface area contributed by atoms with Crippen LogP contribution >= 0.6 is 0 Å². The highest BCUT2D eigenvalue weighted by molar-refractivity contribution is 5.96. The predicted octanol–water partition coefficient (Wildman–Crippen LogP) is 5.90. The smallest absolute Gasteiger partial charge is 0.227 e. The van der Waals surface area contributed by atoms with Gasteiger partial charge in [0, 0.05) is 24.1 Å². The maximum Gasteiger partial charge on any atom is 0.227 e. The van der Waals surface area contributed by atoms with E-state index in [2.05, 4.69) is 30.4 Å². The summed E-state index contributed by atoms with van der Waals surface area (Å²) in [7, 11) is 0. The minimum atomic E-state index is 0.0280. The van der Waals surface area contributed by atoms with Gasteiger partial charge >= 0.3 is 0 Å². The summed E-state index contributed by atoms with van der Waals surface area (Å²) in [6, 6.07) is 15.2. The Labute approximate surface area is 153 Å². The van der Waals surface area contributed by atoms with Crippen molar-refractivity contribution in [3.63, 3.8) is 0 Å². The normalized spacial score (nSPS) is 11.7. The molecule has 3 nitrogen and oxygen atoms in total. The van der Waals surface area contributed by atoms with E-state index in [1.54, 1.807) is 23.6 Å². The van der Waals surface area contributed by atoms with E-state index in [0.717, 1.165) is 41.3 Å². The van der Waals surface area contributed by atoms with E-state index in [-0.39, 0.29) is 5.91 Å². The Morgan fingerprint density at radius 3 is 2.42 bits per heavy atom. The summed E-state index contributed by atoms with van der Waals surface area (Å²) in [4.78, 5) is 11.8. The molecule has 0 saturated heterocycles. The first kappa shape index (κ1) is 17.7. The van der Waals surface area contributed by atoms with Crippen molar-refractivity contribution in [3.05, 3.63) is 78.0 Å². The third-order valence-electron chi connectivity index (χ3n) is 4.32. The number of benzene rings is 2. The number of fused-ring (bicyclic) bond motifs is 1. The van der Waals surface area contributed by atoms with Crippen LogP contribution in [0.3, 0.4) is 0 Å². The summed E-state index contributed by atoms with van der Waals surface area (Å²) >= 11 is 0. The largest absolute Gasteiger partial charge is 0.508 e. The van der Waals surface area contributed by atoms with Crippen LogP contribution in [0.4, 0.5) is 0 Å². The van der Waals surface area contributed by atoms with Gasteiger partial charge in [-0.2, -0.15) is 0 Å². The van der Waals surface area contributed by atoms with Gasteiger partial charge in [-0.05, 0) is 43.0 Å². The molecule has 0 saturated carbocycles. The van der Waals surface area contributed by atoms with Crippen LogP contribution in [-0.4, -0.2) is 15.6 Å². The number of allylic oxidation sites excluding steroid dienone is 2. The standard InChI is InChI=1S/C23H23NO2/c1-18(25)24-17-20(22-11-7-8-12-23(22)24)10-6-4-2-3-5-9-19-13-15-21(26)16-14-19/h5-17,26H,2-4H2,1H3/b9-5+,10-6+. The molecule has 0 spiro atoms. The van der Waals surface area contributed by atoms with Crippen LogP contribution in [0.15, 0.2) is 66.9 Å². The minimum absolute atomic E-state index is 0.0280. The fourth-order valence-corrected chi connectivity index (χ4v) is 2.97. The van der Waals surface area contributed by atoms with Crippen LogP contribution in [0.5, 0.6) is 5.75 Å². The van der Waals surface area contributed by atoms with E-state index in [4.69, 9.17) is 0 Å². The van der Waals surface area contributed by atoms with Crippen molar-refractivity contribution in [2.24, 2.45) is 0 Å². The number of hydrogen-bond donors (Lipinski definition) is 1. The number of unbranched alkanes of at least 4 members (excludes halogenated alkanes) is 2. The van der Waals surface area contributed by atoms with Crippen LogP contribution < -0.4 is 0 Å². The molecule has 0 aliphatic carbocycles. The van der Waals surface area contributed by atoms with Gasteiger partial charge in [-0.3, -0.25) is 9.36 Å². The van der Waals surface area contributed by atoms with Gasteiger partial charge in [-0.15, -0.1) is 0 Å². The maximum absolute atomic E-state index is 11.8. The van der Waals surface area contributed by atoms with Crippen LogP contribution in [0.2, 0.25) is 0 Å². The third kappa shape index (κ3) is 4.31. The average Bonchev–Trinajstić information content (AvgIpc) is 3.02. The van der Waals surface area contributed by atoms with Gasteiger partial charge in [-0.25, -0.2) is 0 Å². The van der Waals surface area contributed by atoms with Crippen molar-refractivity contribution in [2.75, 3.05) is 0 Å². The summed E-state index contributed by atoms with van der Waals surface area (Å²) in [6.07, 6.45) is 13.5. The Hall–Kier alpha value is -3.07. The number of aromatic nitrogens is 1. The van der Waals surface area contributed by atoms with Crippen molar-refractivity contribution >= 4 is 29.0 Å². The number of para-hydroxylation sites is 1. The average molecular weight is 345 g/mol. The number of phenolic OH excluding ortho intramolecular Hbond substituents is 1. The molecule has 1 heterocycles. The van der Waals surface area contributed by atoms with E-state index in [1.165, 1.54) is 0 Å². The lowest BCUT2D eigenvalue weighted by Crippen LogP contribution is -2.02. The van der Waals surface area contributed by atoms with Gasteiger partial charge < -0.3 is 5.11 Å². The first-order valence-electron chi connectivity index (χ1n) is 8.88. The zero-order chi connectivity index (χ0) is 18.4. The van der Waals surface area contributed by atoms with Crippen LogP contribution in [-0.2, 0) is 0 Å². The number of hydrogen-bond acceptors (Lipinski definition) is 2. The van der Waals surface area contributed by atoms with Crippen LogP contribution in [0.25, 0.3) is 23.1 Å². The number of nitrogens with zero attached hydrogens (tertiary/aromatic N) is 1. The number of aromatic hydroxyl groups is 1. The molecule has 0 aliphatic rings. The number of carbonyl (C=O) groups is 1. The fourth-order valence-electron chi connectivity index (χ4n) is 2.97. The van der Waals surface area contributed by atoms with Crippen molar-refractivity contribution in [1.82, 2.24) is 4.57 Å². The Balaban J connectivity index is 1.55. The molecule has 3 heteroatoms. The molecular weight excluding hydrogens is 322 g/mol. The first-order chi connectivity index (χ1) is 12.6.